The Hall–Kier alpha value is -2.48. The first kappa shape index (κ1) is 23.5. The predicted molar refractivity (Wildman–Crippen MR) is 98.3 cm³/mol. The summed E-state index contributed by atoms with van der Waals surface area (Å²) < 4.78 is 4.47. The van der Waals surface area contributed by atoms with Gasteiger partial charge in [0.15, 0.2) is 5.18 Å². The molecular formula is C16H29N6O4+. The lowest BCUT2D eigenvalue weighted by Crippen LogP contribution is -2.41. The van der Waals surface area contributed by atoms with Gasteiger partial charge in [0, 0.05) is 30.8 Å². The maximum Gasteiger partial charge on any atom is 0.362 e. The number of azide groups is 1. The second-order valence-corrected chi connectivity index (χ2v) is 5.74. The number of nitroso groups, excluding NO2 is 1. The molecule has 0 spiro atoms. The van der Waals surface area contributed by atoms with Crippen molar-refractivity contribution in [1.82, 2.24) is 10.6 Å². The third-order valence-electron chi connectivity index (χ3n) is 3.55. The Morgan fingerprint density at radius 1 is 1.12 bits per heavy atom. The Balaban J connectivity index is 4.34. The van der Waals surface area contributed by atoms with Gasteiger partial charge >= 0.3 is 5.91 Å². The van der Waals surface area contributed by atoms with E-state index in [1.54, 1.807) is 0 Å². The normalized spacial score (nSPS) is 11.6. The van der Waals surface area contributed by atoms with Gasteiger partial charge in [-0.05, 0) is 31.2 Å². The summed E-state index contributed by atoms with van der Waals surface area (Å²) in [6, 6.07) is -0.902. The van der Waals surface area contributed by atoms with Crippen molar-refractivity contribution >= 4 is 17.7 Å². The molecular weight excluding hydrogens is 340 g/mol. The Bertz CT molecular complexity index is 517. The Morgan fingerprint density at radius 2 is 1.88 bits per heavy atom. The molecule has 0 heterocycles. The first-order chi connectivity index (χ1) is 12.5. The van der Waals surface area contributed by atoms with E-state index in [0.717, 1.165) is 19.3 Å². The molecule has 0 fully saturated rings. The number of carbonyl (C=O) groups excluding carboxylic acids is 3. The molecule has 0 radical (unpaired) electrons. The van der Waals surface area contributed by atoms with Crippen LogP contribution in [0.15, 0.2) is 10.3 Å². The fourth-order valence-electron chi connectivity index (χ4n) is 2.16. The maximum atomic E-state index is 11.9. The third kappa shape index (κ3) is 12.9. The van der Waals surface area contributed by atoms with Crippen molar-refractivity contribution in [3.8, 4) is 0 Å². The van der Waals surface area contributed by atoms with Crippen LogP contribution < -0.4 is 10.6 Å². The van der Waals surface area contributed by atoms with Crippen molar-refractivity contribution in [2.24, 2.45) is 10.3 Å². The number of hydrogen-bond donors (Lipinski definition) is 2. The van der Waals surface area contributed by atoms with Crippen molar-refractivity contribution < 1.29 is 14.4 Å². The number of nitrogens with zero attached hydrogens (tertiary/aromatic N) is 4. The SMILES string of the molecule is CCCCCNC(=O)CC[C@H](NC(=O)CCCCN=[N+]=[N-])C(=O)N=[O+]C. The molecule has 0 saturated carbocycles. The molecule has 26 heavy (non-hydrogen) atoms. The van der Waals surface area contributed by atoms with Gasteiger partial charge in [-0.25, -0.2) is 0 Å². The highest BCUT2D eigenvalue weighted by atomic mass is 16.5. The van der Waals surface area contributed by atoms with Crippen LogP contribution >= 0.6 is 0 Å². The minimum atomic E-state index is -0.902. The monoisotopic (exact) mass is 369 g/mol. The van der Waals surface area contributed by atoms with E-state index in [0.29, 0.717) is 25.9 Å². The molecule has 1 atom stereocenters. The highest BCUT2D eigenvalue weighted by molar-refractivity contribution is 5.88. The fraction of sp³-hybridized carbons (Fsp3) is 0.812. The van der Waals surface area contributed by atoms with Crippen molar-refractivity contribution in [2.45, 2.75) is 64.3 Å². The van der Waals surface area contributed by atoms with Gasteiger partial charge < -0.3 is 10.6 Å². The van der Waals surface area contributed by atoms with Crippen LogP contribution in [0, 0.1) is 4.54 Å². The zero-order valence-corrected chi connectivity index (χ0v) is 15.6. The van der Waals surface area contributed by atoms with Crippen LogP contribution in [0.5, 0.6) is 0 Å². The third-order valence-corrected chi connectivity index (χ3v) is 3.55. The van der Waals surface area contributed by atoms with Gasteiger partial charge in [-0.15, -0.1) is 4.54 Å². The summed E-state index contributed by atoms with van der Waals surface area (Å²) in [4.78, 5) is 38.3. The molecule has 0 aliphatic rings. The van der Waals surface area contributed by atoms with Crippen LogP contribution in [0.25, 0.3) is 10.4 Å². The van der Waals surface area contributed by atoms with Gasteiger partial charge in [0.1, 0.15) is 6.04 Å². The molecule has 0 aromatic heterocycles. The Labute approximate surface area is 153 Å². The standard InChI is InChI=1S/C16H28N6O4/c1-3-4-6-11-18-14(23)10-9-13(16(25)21-26-2)20-15(24)8-5-7-12-19-22-17/h13H,3-12H2,1-2H3,(H-,18,20,23,24)/p+1/t13-/m0/s1. The predicted octanol–water partition coefficient (Wildman–Crippen LogP) is 2.50. The number of hydrogen-bond acceptors (Lipinski definition) is 4. The molecule has 146 valence electrons. The van der Waals surface area contributed by atoms with Crippen LogP contribution in [-0.2, 0) is 14.4 Å². The summed E-state index contributed by atoms with van der Waals surface area (Å²) in [5.41, 5.74) is 8.18. The summed E-state index contributed by atoms with van der Waals surface area (Å²) in [6.07, 6.45) is 4.60. The number of unbranched alkanes of at least 4 members (excludes halogenated alkanes) is 3. The zero-order valence-electron chi connectivity index (χ0n) is 15.6. The summed E-state index contributed by atoms with van der Waals surface area (Å²) >= 11 is 0. The molecule has 3 amide bonds. The summed E-state index contributed by atoms with van der Waals surface area (Å²) in [7, 11) is 1.24. The van der Waals surface area contributed by atoms with E-state index in [-0.39, 0.29) is 31.1 Å². The topological polar surface area (TPSA) is 148 Å². The number of nitrogens with one attached hydrogen (secondary N) is 2. The van der Waals surface area contributed by atoms with Crippen LogP contribution in [-0.4, -0.2) is 44.0 Å². The van der Waals surface area contributed by atoms with E-state index < -0.39 is 11.9 Å². The summed E-state index contributed by atoms with van der Waals surface area (Å²) in [5, 5.41) is 12.1. The average molecular weight is 369 g/mol. The van der Waals surface area contributed by atoms with Crippen molar-refractivity contribution in [3.05, 3.63) is 15.0 Å². The van der Waals surface area contributed by atoms with Crippen LogP contribution in [0.2, 0.25) is 0 Å². The van der Waals surface area contributed by atoms with Gasteiger partial charge in [-0.2, -0.15) is 0 Å². The minimum Gasteiger partial charge on any atom is -0.356 e. The first-order valence-corrected chi connectivity index (χ1v) is 8.90. The largest absolute Gasteiger partial charge is 0.362 e. The Morgan fingerprint density at radius 3 is 2.54 bits per heavy atom. The molecule has 0 rings (SSSR count). The molecule has 0 saturated heterocycles. The van der Waals surface area contributed by atoms with Gasteiger partial charge in [0.25, 0.3) is 7.11 Å². The molecule has 0 aliphatic heterocycles. The summed E-state index contributed by atoms with van der Waals surface area (Å²) in [6.45, 7) is 3.01. The molecule has 0 aromatic carbocycles. The molecule has 0 aromatic rings. The second-order valence-electron chi connectivity index (χ2n) is 5.74. The van der Waals surface area contributed by atoms with E-state index in [9.17, 15) is 14.4 Å². The number of carbonyl (C=O) groups is 3. The molecule has 10 heteroatoms. The van der Waals surface area contributed by atoms with Gasteiger partial charge in [0.2, 0.25) is 11.8 Å². The van der Waals surface area contributed by atoms with Gasteiger partial charge in [-0.1, -0.05) is 24.9 Å². The van der Waals surface area contributed by atoms with E-state index in [1.807, 2.05) is 0 Å². The van der Waals surface area contributed by atoms with E-state index >= 15 is 0 Å². The maximum absolute atomic E-state index is 11.9. The lowest BCUT2D eigenvalue weighted by molar-refractivity contribution is -0.128. The first-order valence-electron chi connectivity index (χ1n) is 8.90. The highest BCUT2D eigenvalue weighted by Crippen LogP contribution is 2.04. The highest BCUT2D eigenvalue weighted by Gasteiger charge is 2.25. The smallest absolute Gasteiger partial charge is 0.356 e. The minimum absolute atomic E-state index is 0.110. The molecule has 0 unspecified atom stereocenters. The quantitative estimate of drug-likeness (QED) is 0.159. The van der Waals surface area contributed by atoms with E-state index in [4.69, 9.17) is 5.53 Å². The molecule has 0 bridgehead atoms. The lowest BCUT2D eigenvalue weighted by Gasteiger charge is -2.13. The van der Waals surface area contributed by atoms with Gasteiger partial charge in [0.05, 0.1) is 0 Å². The van der Waals surface area contributed by atoms with Crippen molar-refractivity contribution in [3.63, 3.8) is 0 Å². The van der Waals surface area contributed by atoms with Crippen LogP contribution in [0.4, 0.5) is 0 Å². The fourth-order valence-corrected chi connectivity index (χ4v) is 2.16. The molecule has 10 nitrogen and oxygen atoms in total. The van der Waals surface area contributed by atoms with Crippen molar-refractivity contribution in [2.75, 3.05) is 20.2 Å². The zero-order chi connectivity index (χ0) is 19.6. The van der Waals surface area contributed by atoms with Crippen molar-refractivity contribution in [1.29, 1.82) is 0 Å². The average Bonchev–Trinajstić information content (AvgIpc) is 2.62. The lowest BCUT2D eigenvalue weighted by atomic mass is 10.1. The molecule has 2 N–H and O–H groups in total. The van der Waals surface area contributed by atoms with Gasteiger partial charge in [-0.3, -0.25) is 14.4 Å². The molecule has 0 aliphatic carbocycles. The number of amides is 3. The number of rotatable bonds is 14. The van der Waals surface area contributed by atoms with Crippen LogP contribution in [0.3, 0.4) is 0 Å². The van der Waals surface area contributed by atoms with Crippen LogP contribution in [0.1, 0.15) is 58.3 Å². The Kier molecular flexibility index (Phi) is 14.5. The second kappa shape index (κ2) is 16.0. The van der Waals surface area contributed by atoms with E-state index in [1.165, 1.54) is 7.11 Å². The van der Waals surface area contributed by atoms with E-state index in [2.05, 4.69) is 37.3 Å². The summed E-state index contributed by atoms with van der Waals surface area (Å²) in [5.74, 6) is -1.12.